The highest BCUT2D eigenvalue weighted by atomic mass is 35.5. The van der Waals surface area contributed by atoms with Crippen molar-refractivity contribution >= 4 is 50.7 Å². The van der Waals surface area contributed by atoms with Crippen LogP contribution >= 0.6 is 23.2 Å². The van der Waals surface area contributed by atoms with Crippen molar-refractivity contribution in [2.45, 2.75) is 58.2 Å². The Balaban J connectivity index is 1.94. The molecule has 2 atom stereocenters. The van der Waals surface area contributed by atoms with E-state index in [1.54, 1.807) is 42.5 Å². The summed E-state index contributed by atoms with van der Waals surface area (Å²) >= 11 is 13.0. The lowest BCUT2D eigenvalue weighted by Gasteiger charge is -2.33. The first kappa shape index (κ1) is 34.2. The third-order valence-electron chi connectivity index (χ3n) is 7.16. The highest BCUT2D eigenvalue weighted by Crippen LogP contribution is 2.28. The number of amides is 2. The summed E-state index contributed by atoms with van der Waals surface area (Å²) in [6, 6.07) is 20.3. The average molecular weight is 649 g/mol. The van der Waals surface area contributed by atoms with Gasteiger partial charge in [0, 0.05) is 53.6 Å². The van der Waals surface area contributed by atoms with E-state index in [-0.39, 0.29) is 50.2 Å². The lowest BCUT2D eigenvalue weighted by molar-refractivity contribution is -0.141. The van der Waals surface area contributed by atoms with E-state index in [0.717, 1.165) is 18.2 Å². The molecule has 0 bridgehead atoms. The van der Waals surface area contributed by atoms with Gasteiger partial charge in [0.15, 0.2) is 0 Å². The standard InChI is InChI=1S/C32H39Cl2N3O5S/c1-5-23(2)35-32(39)30(20-24-12-7-6-8-13-24)36(22-27-28(33)16-10-17-29(27)34)31(38)18-11-19-37(43(4,40)41)25-14-9-15-26(21-25)42-3/h6-10,12-17,21,23,30H,5,11,18-20,22H2,1-4H3,(H,35,39)/t23-,30-/m1/s1. The summed E-state index contributed by atoms with van der Waals surface area (Å²) in [5.41, 5.74) is 1.85. The molecule has 3 aromatic carbocycles. The number of nitrogens with zero attached hydrogens (tertiary/aromatic N) is 2. The second kappa shape index (κ2) is 16.0. The van der Waals surface area contributed by atoms with Gasteiger partial charge in [0.2, 0.25) is 21.8 Å². The number of rotatable bonds is 15. The fourth-order valence-electron chi connectivity index (χ4n) is 4.62. The Hall–Kier alpha value is -3.27. The van der Waals surface area contributed by atoms with Crippen LogP contribution in [0.5, 0.6) is 5.75 Å². The zero-order valence-electron chi connectivity index (χ0n) is 24.9. The summed E-state index contributed by atoms with van der Waals surface area (Å²) in [4.78, 5) is 29.2. The molecule has 0 fully saturated rings. The molecule has 0 unspecified atom stereocenters. The van der Waals surface area contributed by atoms with Crippen molar-refractivity contribution < 1.29 is 22.7 Å². The molecule has 2 amide bonds. The molecule has 0 aliphatic rings. The molecule has 1 N–H and O–H groups in total. The highest BCUT2D eigenvalue weighted by molar-refractivity contribution is 7.92. The van der Waals surface area contributed by atoms with Crippen LogP contribution in [0.25, 0.3) is 0 Å². The van der Waals surface area contributed by atoms with Crippen molar-refractivity contribution in [1.29, 1.82) is 0 Å². The predicted octanol–water partition coefficient (Wildman–Crippen LogP) is 6.10. The summed E-state index contributed by atoms with van der Waals surface area (Å²) in [5, 5.41) is 3.79. The third kappa shape index (κ3) is 9.88. The van der Waals surface area contributed by atoms with Crippen molar-refractivity contribution in [2.75, 3.05) is 24.2 Å². The van der Waals surface area contributed by atoms with Gasteiger partial charge in [-0.05, 0) is 49.6 Å². The molecule has 0 aliphatic carbocycles. The van der Waals surface area contributed by atoms with E-state index in [1.165, 1.54) is 16.3 Å². The number of anilines is 1. The van der Waals surface area contributed by atoms with Crippen LogP contribution in [0.1, 0.15) is 44.2 Å². The second-order valence-electron chi connectivity index (χ2n) is 10.4. The molecule has 0 spiro atoms. The molecule has 0 aromatic heterocycles. The van der Waals surface area contributed by atoms with Crippen LogP contribution in [-0.4, -0.2) is 57.1 Å². The number of methoxy groups -OCH3 is 1. The molecule has 0 aliphatic heterocycles. The van der Waals surface area contributed by atoms with Gasteiger partial charge in [0.25, 0.3) is 0 Å². The molecule has 232 valence electrons. The van der Waals surface area contributed by atoms with E-state index >= 15 is 0 Å². The van der Waals surface area contributed by atoms with Gasteiger partial charge >= 0.3 is 0 Å². The topological polar surface area (TPSA) is 96.0 Å². The van der Waals surface area contributed by atoms with E-state index in [1.807, 2.05) is 44.2 Å². The summed E-state index contributed by atoms with van der Waals surface area (Å²) in [6.45, 7) is 3.95. The number of hydrogen-bond donors (Lipinski definition) is 1. The molecular formula is C32H39Cl2N3O5S. The molecule has 0 saturated carbocycles. The predicted molar refractivity (Wildman–Crippen MR) is 173 cm³/mol. The molecule has 11 heteroatoms. The molecule has 3 aromatic rings. The monoisotopic (exact) mass is 647 g/mol. The van der Waals surface area contributed by atoms with Crippen LogP contribution in [0, 0.1) is 0 Å². The van der Waals surface area contributed by atoms with Gasteiger partial charge in [0.05, 0.1) is 19.1 Å². The van der Waals surface area contributed by atoms with Crippen molar-refractivity contribution in [3.63, 3.8) is 0 Å². The molecule has 8 nitrogen and oxygen atoms in total. The van der Waals surface area contributed by atoms with E-state index in [0.29, 0.717) is 27.0 Å². The van der Waals surface area contributed by atoms with Gasteiger partial charge in [-0.3, -0.25) is 13.9 Å². The molecule has 43 heavy (non-hydrogen) atoms. The van der Waals surface area contributed by atoms with Gasteiger partial charge in [-0.1, -0.05) is 72.6 Å². The van der Waals surface area contributed by atoms with Crippen molar-refractivity contribution in [3.05, 3.63) is 94.0 Å². The van der Waals surface area contributed by atoms with Crippen molar-refractivity contribution in [3.8, 4) is 5.75 Å². The number of carbonyl (C=O) groups excluding carboxylic acids is 2. The maximum Gasteiger partial charge on any atom is 0.243 e. The summed E-state index contributed by atoms with van der Waals surface area (Å²) in [6.07, 6.45) is 2.31. The fraction of sp³-hybridized carbons (Fsp3) is 0.375. The SMILES string of the molecule is CC[C@@H](C)NC(=O)[C@@H](Cc1ccccc1)N(Cc1c(Cl)cccc1Cl)C(=O)CCCN(c1cccc(OC)c1)S(C)(=O)=O. The molecular weight excluding hydrogens is 609 g/mol. The van der Waals surface area contributed by atoms with Crippen LogP contribution in [0.15, 0.2) is 72.8 Å². The first-order chi connectivity index (χ1) is 20.4. The zero-order chi connectivity index (χ0) is 31.6. The van der Waals surface area contributed by atoms with E-state index in [9.17, 15) is 18.0 Å². The van der Waals surface area contributed by atoms with Gasteiger partial charge < -0.3 is 15.0 Å². The lowest BCUT2D eigenvalue weighted by Crippen LogP contribution is -2.52. The minimum absolute atomic E-state index is 0.00837. The van der Waals surface area contributed by atoms with Crippen LogP contribution in [0.3, 0.4) is 0 Å². The summed E-state index contributed by atoms with van der Waals surface area (Å²) in [5.74, 6) is -0.0970. The van der Waals surface area contributed by atoms with Gasteiger partial charge in [0.1, 0.15) is 11.8 Å². The average Bonchev–Trinajstić information content (AvgIpc) is 2.98. The molecule has 0 saturated heterocycles. The Morgan fingerprint density at radius 2 is 1.63 bits per heavy atom. The third-order valence-corrected chi connectivity index (χ3v) is 9.06. The first-order valence-corrected chi connectivity index (χ1v) is 16.7. The summed E-state index contributed by atoms with van der Waals surface area (Å²) in [7, 11) is -2.15. The lowest BCUT2D eigenvalue weighted by atomic mass is 10.0. The van der Waals surface area contributed by atoms with Crippen molar-refractivity contribution in [1.82, 2.24) is 10.2 Å². The van der Waals surface area contributed by atoms with Crippen LogP contribution in [0.2, 0.25) is 10.0 Å². The Labute approximate surface area is 265 Å². The number of benzene rings is 3. The number of hydrogen-bond acceptors (Lipinski definition) is 5. The number of halogens is 2. The minimum atomic E-state index is -3.65. The number of carbonyl (C=O) groups is 2. The maximum absolute atomic E-state index is 14.0. The Kier molecular flexibility index (Phi) is 12.7. The Bertz CT molecular complexity index is 1470. The molecule has 0 heterocycles. The van der Waals surface area contributed by atoms with E-state index in [2.05, 4.69) is 5.32 Å². The molecule has 0 radical (unpaired) electrons. The smallest absolute Gasteiger partial charge is 0.243 e. The van der Waals surface area contributed by atoms with Gasteiger partial charge in [-0.25, -0.2) is 8.42 Å². The van der Waals surface area contributed by atoms with E-state index in [4.69, 9.17) is 27.9 Å². The summed E-state index contributed by atoms with van der Waals surface area (Å²) < 4.78 is 31.9. The van der Waals surface area contributed by atoms with Crippen LogP contribution in [-0.2, 0) is 32.6 Å². The van der Waals surface area contributed by atoms with E-state index < -0.39 is 16.1 Å². The Morgan fingerprint density at radius 1 is 0.977 bits per heavy atom. The van der Waals surface area contributed by atoms with Gasteiger partial charge in [-0.2, -0.15) is 0 Å². The zero-order valence-corrected chi connectivity index (χ0v) is 27.3. The van der Waals surface area contributed by atoms with Crippen molar-refractivity contribution in [2.24, 2.45) is 0 Å². The number of sulfonamides is 1. The Morgan fingerprint density at radius 3 is 2.23 bits per heavy atom. The van der Waals surface area contributed by atoms with Gasteiger partial charge in [-0.15, -0.1) is 0 Å². The largest absolute Gasteiger partial charge is 0.497 e. The maximum atomic E-state index is 14.0. The normalized spacial score (nSPS) is 12.7. The number of nitrogens with one attached hydrogen (secondary N) is 1. The minimum Gasteiger partial charge on any atom is -0.497 e. The number of ether oxygens (including phenoxy) is 1. The quantitative estimate of drug-likeness (QED) is 0.215. The second-order valence-corrected chi connectivity index (χ2v) is 13.1. The first-order valence-electron chi connectivity index (χ1n) is 14.1. The fourth-order valence-corrected chi connectivity index (χ4v) is 6.09. The molecule has 3 rings (SSSR count). The highest BCUT2D eigenvalue weighted by Gasteiger charge is 2.32. The van der Waals surface area contributed by atoms with Crippen LogP contribution < -0.4 is 14.4 Å². The van der Waals surface area contributed by atoms with Crippen LogP contribution in [0.4, 0.5) is 5.69 Å².